The molecule has 1 aromatic heterocycles. The molecule has 106 valence electrons. The van der Waals surface area contributed by atoms with Crippen molar-refractivity contribution in [3.8, 4) is 22.6 Å². The van der Waals surface area contributed by atoms with E-state index in [1.807, 2.05) is 72.8 Å². The first-order valence-electron chi connectivity index (χ1n) is 7.01. The number of oxazole rings is 1. The number of rotatable bonds is 2. The van der Waals surface area contributed by atoms with E-state index in [0.717, 1.165) is 32.8 Å². The van der Waals surface area contributed by atoms with E-state index in [9.17, 15) is 0 Å². The molecule has 22 heavy (non-hydrogen) atoms. The highest BCUT2D eigenvalue weighted by molar-refractivity contribution is 6.30. The highest BCUT2D eigenvalue weighted by Gasteiger charge is 2.09. The van der Waals surface area contributed by atoms with Gasteiger partial charge in [0.15, 0.2) is 5.58 Å². The van der Waals surface area contributed by atoms with E-state index in [0.29, 0.717) is 5.89 Å². The van der Waals surface area contributed by atoms with E-state index < -0.39 is 0 Å². The predicted molar refractivity (Wildman–Crippen MR) is 89.9 cm³/mol. The Morgan fingerprint density at radius 1 is 0.727 bits per heavy atom. The summed E-state index contributed by atoms with van der Waals surface area (Å²) in [5.74, 6) is 0.642. The average molecular weight is 306 g/mol. The van der Waals surface area contributed by atoms with Crippen LogP contribution in [0.15, 0.2) is 77.2 Å². The fraction of sp³-hybridized carbons (Fsp3) is 0. The van der Waals surface area contributed by atoms with Crippen molar-refractivity contribution in [3.63, 3.8) is 0 Å². The lowest BCUT2D eigenvalue weighted by Crippen LogP contribution is -1.77. The van der Waals surface area contributed by atoms with E-state index in [2.05, 4.69) is 4.98 Å². The van der Waals surface area contributed by atoms with Gasteiger partial charge in [0.05, 0.1) is 0 Å². The molecule has 4 aromatic rings. The minimum atomic E-state index is 0.642. The lowest BCUT2D eigenvalue weighted by molar-refractivity contribution is 0.620. The summed E-state index contributed by atoms with van der Waals surface area (Å²) in [6, 6.07) is 23.7. The van der Waals surface area contributed by atoms with Gasteiger partial charge in [-0.1, -0.05) is 48.0 Å². The molecule has 0 aliphatic rings. The van der Waals surface area contributed by atoms with Crippen LogP contribution in [0.4, 0.5) is 0 Å². The largest absolute Gasteiger partial charge is 0.436 e. The monoisotopic (exact) mass is 305 g/mol. The Labute approximate surface area is 133 Å². The van der Waals surface area contributed by atoms with Gasteiger partial charge in [-0.05, 0) is 47.5 Å². The van der Waals surface area contributed by atoms with Crippen LogP contribution in [0, 0.1) is 0 Å². The van der Waals surface area contributed by atoms with Gasteiger partial charge in [0.1, 0.15) is 5.52 Å². The molecule has 0 saturated carbocycles. The molecule has 0 N–H and O–H groups in total. The number of aromatic nitrogens is 1. The molecule has 0 aliphatic heterocycles. The van der Waals surface area contributed by atoms with Gasteiger partial charge in [0.25, 0.3) is 0 Å². The molecule has 2 nitrogen and oxygen atoms in total. The summed E-state index contributed by atoms with van der Waals surface area (Å²) in [7, 11) is 0. The molecule has 0 fully saturated rings. The number of hydrogen-bond acceptors (Lipinski definition) is 2. The molecule has 3 heteroatoms. The number of hydrogen-bond donors (Lipinski definition) is 0. The number of fused-ring (bicyclic) bond motifs is 1. The molecule has 0 amide bonds. The Hall–Kier alpha value is -2.58. The molecule has 0 radical (unpaired) electrons. The van der Waals surface area contributed by atoms with Crippen LogP contribution in [0.1, 0.15) is 0 Å². The third-order valence-electron chi connectivity index (χ3n) is 3.59. The molecule has 0 spiro atoms. The highest BCUT2D eigenvalue weighted by atomic mass is 35.5. The molecule has 1 heterocycles. The van der Waals surface area contributed by atoms with Crippen molar-refractivity contribution in [1.82, 2.24) is 4.98 Å². The molecular weight excluding hydrogens is 294 g/mol. The zero-order chi connectivity index (χ0) is 14.9. The van der Waals surface area contributed by atoms with Crippen LogP contribution in [0.2, 0.25) is 5.02 Å². The summed E-state index contributed by atoms with van der Waals surface area (Å²) in [5, 5.41) is 0.732. The maximum Gasteiger partial charge on any atom is 0.227 e. The molecule has 0 saturated heterocycles. The van der Waals surface area contributed by atoms with Crippen molar-refractivity contribution in [2.24, 2.45) is 0 Å². The van der Waals surface area contributed by atoms with Crippen molar-refractivity contribution in [3.05, 3.63) is 77.8 Å². The maximum absolute atomic E-state index is 5.94. The van der Waals surface area contributed by atoms with Crippen LogP contribution < -0.4 is 0 Å². The van der Waals surface area contributed by atoms with E-state index >= 15 is 0 Å². The molecule has 0 unspecified atom stereocenters. The molecule has 0 bridgehead atoms. The third kappa shape index (κ3) is 2.38. The van der Waals surface area contributed by atoms with E-state index in [1.54, 1.807) is 0 Å². The van der Waals surface area contributed by atoms with Gasteiger partial charge >= 0.3 is 0 Å². The van der Waals surface area contributed by atoms with Crippen molar-refractivity contribution < 1.29 is 4.42 Å². The smallest absolute Gasteiger partial charge is 0.227 e. The number of nitrogens with zero attached hydrogens (tertiary/aromatic N) is 1. The Balaban J connectivity index is 1.80. The van der Waals surface area contributed by atoms with Gasteiger partial charge in [-0.15, -0.1) is 0 Å². The maximum atomic E-state index is 5.94. The van der Waals surface area contributed by atoms with Crippen LogP contribution in [0.3, 0.4) is 0 Å². The molecule has 0 atom stereocenters. The summed E-state index contributed by atoms with van der Waals surface area (Å²) in [6.45, 7) is 0. The number of benzene rings is 3. The summed E-state index contributed by atoms with van der Waals surface area (Å²) >= 11 is 5.94. The molecule has 4 rings (SSSR count). The SMILES string of the molecule is Clc1ccc(-c2ccc3nc(-c4ccccc4)oc3c2)cc1. The minimum Gasteiger partial charge on any atom is -0.436 e. The van der Waals surface area contributed by atoms with Crippen LogP contribution in [-0.4, -0.2) is 4.98 Å². The van der Waals surface area contributed by atoms with Gasteiger partial charge in [0.2, 0.25) is 5.89 Å². The average Bonchev–Trinajstić information content (AvgIpc) is 2.99. The predicted octanol–water partition coefficient (Wildman–Crippen LogP) is 5.82. The highest BCUT2D eigenvalue weighted by Crippen LogP contribution is 2.29. The summed E-state index contributed by atoms with van der Waals surface area (Å²) in [6.07, 6.45) is 0. The Morgan fingerprint density at radius 3 is 2.23 bits per heavy atom. The van der Waals surface area contributed by atoms with Gasteiger partial charge < -0.3 is 4.42 Å². The van der Waals surface area contributed by atoms with Gasteiger partial charge in [0, 0.05) is 10.6 Å². The normalized spacial score (nSPS) is 11.0. The lowest BCUT2D eigenvalue weighted by Gasteiger charge is -2.00. The summed E-state index contributed by atoms with van der Waals surface area (Å²) in [5.41, 5.74) is 4.80. The van der Waals surface area contributed by atoms with E-state index in [4.69, 9.17) is 16.0 Å². The van der Waals surface area contributed by atoms with Crippen molar-refractivity contribution >= 4 is 22.7 Å². The van der Waals surface area contributed by atoms with Gasteiger partial charge in [-0.2, -0.15) is 0 Å². The molecule has 0 aliphatic carbocycles. The van der Waals surface area contributed by atoms with Crippen molar-refractivity contribution in [1.29, 1.82) is 0 Å². The van der Waals surface area contributed by atoms with Crippen LogP contribution >= 0.6 is 11.6 Å². The molecule has 3 aromatic carbocycles. The quantitative estimate of drug-likeness (QED) is 0.466. The number of halogens is 1. The van der Waals surface area contributed by atoms with Gasteiger partial charge in [-0.3, -0.25) is 0 Å². The van der Waals surface area contributed by atoms with Crippen molar-refractivity contribution in [2.45, 2.75) is 0 Å². The second-order valence-corrected chi connectivity index (χ2v) is 5.51. The zero-order valence-corrected chi connectivity index (χ0v) is 12.4. The topological polar surface area (TPSA) is 26.0 Å². The second-order valence-electron chi connectivity index (χ2n) is 5.07. The fourth-order valence-corrected chi connectivity index (χ4v) is 2.58. The Kier molecular flexibility index (Phi) is 3.17. The summed E-state index contributed by atoms with van der Waals surface area (Å²) < 4.78 is 5.90. The lowest BCUT2D eigenvalue weighted by atomic mass is 10.1. The Morgan fingerprint density at radius 2 is 1.45 bits per heavy atom. The summed E-state index contributed by atoms with van der Waals surface area (Å²) in [4.78, 5) is 4.54. The first-order chi connectivity index (χ1) is 10.8. The standard InChI is InChI=1S/C19H12ClNO/c20-16-9-6-13(7-10-16)15-8-11-17-18(12-15)22-19(21-17)14-4-2-1-3-5-14/h1-12H. The van der Waals surface area contributed by atoms with Crippen LogP contribution in [0.25, 0.3) is 33.7 Å². The van der Waals surface area contributed by atoms with Crippen molar-refractivity contribution in [2.75, 3.05) is 0 Å². The molecular formula is C19H12ClNO. The van der Waals surface area contributed by atoms with E-state index in [1.165, 1.54) is 0 Å². The Bertz CT molecular complexity index is 927. The zero-order valence-electron chi connectivity index (χ0n) is 11.7. The first kappa shape index (κ1) is 13.1. The van der Waals surface area contributed by atoms with E-state index in [-0.39, 0.29) is 0 Å². The first-order valence-corrected chi connectivity index (χ1v) is 7.39. The van der Waals surface area contributed by atoms with Gasteiger partial charge in [-0.25, -0.2) is 4.98 Å². The second kappa shape index (κ2) is 5.32. The van der Waals surface area contributed by atoms with Crippen LogP contribution in [0.5, 0.6) is 0 Å². The fourth-order valence-electron chi connectivity index (χ4n) is 2.45. The minimum absolute atomic E-state index is 0.642. The van der Waals surface area contributed by atoms with Crippen LogP contribution in [-0.2, 0) is 0 Å². The third-order valence-corrected chi connectivity index (χ3v) is 3.84.